The highest BCUT2D eigenvalue weighted by Gasteiger charge is 2.26. The van der Waals surface area contributed by atoms with Crippen LogP contribution in [0.2, 0.25) is 5.02 Å². The topological polar surface area (TPSA) is 69.0 Å². The first-order valence-electron chi connectivity index (χ1n) is 7.23. The van der Waals surface area contributed by atoms with Gasteiger partial charge in [0.1, 0.15) is 18.7 Å². The van der Waals surface area contributed by atoms with E-state index in [1.165, 1.54) is 0 Å². The number of benzene rings is 1. The number of carbonyl (C=O) groups excluding carboxylic acids is 1. The summed E-state index contributed by atoms with van der Waals surface area (Å²) in [5.41, 5.74) is 0.968. The minimum absolute atomic E-state index is 0.0451. The molecule has 116 valence electrons. The first kappa shape index (κ1) is 14.8. The molecule has 7 heteroatoms. The number of halogens is 1. The molecule has 0 radical (unpaired) electrons. The van der Waals surface area contributed by atoms with E-state index in [4.69, 9.17) is 16.3 Å². The third-order valence-corrected chi connectivity index (χ3v) is 3.99. The van der Waals surface area contributed by atoms with Crippen molar-refractivity contribution < 1.29 is 9.53 Å². The minimum atomic E-state index is -0.219. The molecule has 0 fully saturated rings. The summed E-state index contributed by atoms with van der Waals surface area (Å²) >= 11 is 5.99. The molecule has 2 heterocycles. The zero-order chi connectivity index (χ0) is 15.5. The Bertz CT molecular complexity index is 686. The molecule has 0 unspecified atom stereocenters. The molecule has 1 amide bonds. The fourth-order valence-electron chi connectivity index (χ4n) is 2.52. The summed E-state index contributed by atoms with van der Waals surface area (Å²) in [6, 6.07) is 5.48. The summed E-state index contributed by atoms with van der Waals surface area (Å²) in [6.45, 7) is 3.52. The number of ether oxygens (including phenoxy) is 1. The first-order valence-corrected chi connectivity index (χ1v) is 7.60. The van der Waals surface area contributed by atoms with Gasteiger partial charge < -0.3 is 14.6 Å². The molecular formula is C15H17ClN4O2. The standard InChI is InChI=1S/C15H17ClN4O2/c1-2-20-9-18-19-14(20)7-17-15(21)11-5-10-6-12(16)3-4-13(10)22-8-11/h3-4,6,9,11H,2,5,7-8H2,1H3,(H,17,21)/t11-/m0/s1. The highest BCUT2D eigenvalue weighted by molar-refractivity contribution is 6.30. The second kappa shape index (κ2) is 6.36. The molecule has 2 aromatic rings. The molecule has 1 N–H and O–H groups in total. The molecule has 0 saturated heterocycles. The fourth-order valence-corrected chi connectivity index (χ4v) is 2.72. The predicted molar refractivity (Wildman–Crippen MR) is 81.7 cm³/mol. The molecule has 1 aromatic carbocycles. The van der Waals surface area contributed by atoms with Gasteiger partial charge in [0, 0.05) is 11.6 Å². The Morgan fingerprint density at radius 3 is 3.23 bits per heavy atom. The van der Waals surface area contributed by atoms with E-state index in [9.17, 15) is 4.79 Å². The van der Waals surface area contributed by atoms with E-state index < -0.39 is 0 Å². The van der Waals surface area contributed by atoms with Crippen molar-refractivity contribution in [2.45, 2.75) is 26.4 Å². The maximum atomic E-state index is 12.3. The van der Waals surface area contributed by atoms with Gasteiger partial charge in [0.05, 0.1) is 12.5 Å². The van der Waals surface area contributed by atoms with Crippen molar-refractivity contribution in [1.29, 1.82) is 0 Å². The lowest BCUT2D eigenvalue weighted by atomic mass is 9.96. The van der Waals surface area contributed by atoms with Gasteiger partial charge in [-0.25, -0.2) is 0 Å². The second-order valence-corrected chi connectivity index (χ2v) is 5.65. The van der Waals surface area contributed by atoms with Crippen molar-refractivity contribution in [1.82, 2.24) is 20.1 Å². The molecule has 0 saturated carbocycles. The van der Waals surface area contributed by atoms with Crippen LogP contribution in [-0.4, -0.2) is 27.3 Å². The molecule has 0 aliphatic carbocycles. The van der Waals surface area contributed by atoms with Gasteiger partial charge in [0.2, 0.25) is 5.91 Å². The van der Waals surface area contributed by atoms with Crippen molar-refractivity contribution >= 4 is 17.5 Å². The lowest BCUT2D eigenvalue weighted by Crippen LogP contribution is -2.37. The molecule has 0 bridgehead atoms. The second-order valence-electron chi connectivity index (χ2n) is 5.22. The van der Waals surface area contributed by atoms with Crippen LogP contribution in [-0.2, 0) is 24.3 Å². The molecule has 1 aliphatic heterocycles. The summed E-state index contributed by atoms with van der Waals surface area (Å²) in [7, 11) is 0. The molecule has 6 nitrogen and oxygen atoms in total. The summed E-state index contributed by atoms with van der Waals surface area (Å²) in [4.78, 5) is 12.3. The largest absolute Gasteiger partial charge is 0.492 e. The fraction of sp³-hybridized carbons (Fsp3) is 0.400. The maximum Gasteiger partial charge on any atom is 0.227 e. The van der Waals surface area contributed by atoms with Gasteiger partial charge in [-0.2, -0.15) is 0 Å². The Labute approximate surface area is 133 Å². The van der Waals surface area contributed by atoms with Gasteiger partial charge in [0.25, 0.3) is 0 Å². The predicted octanol–water partition coefficient (Wildman–Crippen LogP) is 1.82. The molecule has 1 atom stereocenters. The van der Waals surface area contributed by atoms with E-state index in [-0.39, 0.29) is 11.8 Å². The van der Waals surface area contributed by atoms with E-state index in [0.717, 1.165) is 23.7 Å². The summed E-state index contributed by atoms with van der Waals surface area (Å²) in [5.74, 6) is 1.29. The van der Waals surface area contributed by atoms with E-state index >= 15 is 0 Å². The van der Waals surface area contributed by atoms with Gasteiger partial charge in [-0.05, 0) is 37.1 Å². The molecule has 22 heavy (non-hydrogen) atoms. The average molecular weight is 321 g/mol. The number of hydrogen-bond acceptors (Lipinski definition) is 4. The third kappa shape index (κ3) is 3.06. The number of aromatic nitrogens is 3. The quantitative estimate of drug-likeness (QED) is 0.933. The van der Waals surface area contributed by atoms with Gasteiger partial charge >= 0.3 is 0 Å². The Kier molecular flexibility index (Phi) is 4.29. The molecule has 1 aliphatic rings. The normalized spacial score (nSPS) is 16.7. The Balaban J connectivity index is 1.62. The van der Waals surface area contributed by atoms with E-state index in [0.29, 0.717) is 24.6 Å². The molecule has 0 spiro atoms. The number of nitrogens with zero attached hydrogens (tertiary/aromatic N) is 3. The highest BCUT2D eigenvalue weighted by atomic mass is 35.5. The maximum absolute atomic E-state index is 12.3. The third-order valence-electron chi connectivity index (χ3n) is 3.76. The number of nitrogens with one attached hydrogen (secondary N) is 1. The van der Waals surface area contributed by atoms with Gasteiger partial charge in [-0.15, -0.1) is 10.2 Å². The van der Waals surface area contributed by atoms with Crippen LogP contribution in [0.1, 0.15) is 18.3 Å². The van der Waals surface area contributed by atoms with Gasteiger partial charge in [-0.1, -0.05) is 11.6 Å². The zero-order valence-corrected chi connectivity index (χ0v) is 13.0. The van der Waals surface area contributed by atoms with Crippen molar-refractivity contribution in [2.75, 3.05) is 6.61 Å². The molecule has 1 aromatic heterocycles. The van der Waals surface area contributed by atoms with Crippen LogP contribution in [0.5, 0.6) is 5.75 Å². The Morgan fingerprint density at radius 2 is 2.41 bits per heavy atom. The number of aryl methyl sites for hydroxylation is 1. The molecular weight excluding hydrogens is 304 g/mol. The number of rotatable bonds is 4. The van der Waals surface area contributed by atoms with Crippen LogP contribution < -0.4 is 10.1 Å². The van der Waals surface area contributed by atoms with Gasteiger partial charge in [-0.3, -0.25) is 4.79 Å². The van der Waals surface area contributed by atoms with E-state index in [1.54, 1.807) is 12.4 Å². The van der Waals surface area contributed by atoms with Crippen molar-refractivity contribution in [3.05, 3.63) is 40.9 Å². The lowest BCUT2D eigenvalue weighted by molar-refractivity contribution is -0.126. The number of hydrogen-bond donors (Lipinski definition) is 1. The van der Waals surface area contributed by atoms with E-state index in [2.05, 4.69) is 15.5 Å². The number of carbonyl (C=O) groups is 1. The lowest BCUT2D eigenvalue weighted by Gasteiger charge is -2.24. The first-order chi connectivity index (χ1) is 10.7. The number of fused-ring (bicyclic) bond motifs is 1. The van der Waals surface area contributed by atoms with Crippen molar-refractivity contribution in [3.8, 4) is 5.75 Å². The van der Waals surface area contributed by atoms with Crippen LogP contribution in [0.3, 0.4) is 0 Å². The van der Waals surface area contributed by atoms with Crippen LogP contribution in [0.25, 0.3) is 0 Å². The van der Waals surface area contributed by atoms with E-state index in [1.807, 2.05) is 23.6 Å². The minimum Gasteiger partial charge on any atom is -0.492 e. The van der Waals surface area contributed by atoms with Crippen molar-refractivity contribution in [3.63, 3.8) is 0 Å². The van der Waals surface area contributed by atoms with Crippen LogP contribution >= 0.6 is 11.6 Å². The zero-order valence-electron chi connectivity index (χ0n) is 12.3. The van der Waals surface area contributed by atoms with Crippen molar-refractivity contribution in [2.24, 2.45) is 5.92 Å². The smallest absolute Gasteiger partial charge is 0.227 e. The van der Waals surface area contributed by atoms with Crippen LogP contribution in [0.4, 0.5) is 0 Å². The molecule has 3 rings (SSSR count). The van der Waals surface area contributed by atoms with Crippen LogP contribution in [0, 0.1) is 5.92 Å². The summed E-state index contributed by atoms with van der Waals surface area (Å²) < 4.78 is 7.54. The Hall–Kier alpha value is -2.08. The number of amides is 1. The SMILES string of the molecule is CCn1cnnc1CNC(=O)[C@@H]1COc2ccc(Cl)cc2C1. The summed E-state index contributed by atoms with van der Waals surface area (Å²) in [5, 5.41) is 11.4. The Morgan fingerprint density at radius 1 is 1.55 bits per heavy atom. The summed E-state index contributed by atoms with van der Waals surface area (Å²) in [6.07, 6.45) is 2.28. The average Bonchev–Trinajstić information content (AvgIpc) is 2.99. The highest BCUT2D eigenvalue weighted by Crippen LogP contribution is 2.29. The van der Waals surface area contributed by atoms with Crippen LogP contribution in [0.15, 0.2) is 24.5 Å². The van der Waals surface area contributed by atoms with Gasteiger partial charge in [0.15, 0.2) is 5.82 Å². The monoisotopic (exact) mass is 320 g/mol.